The first-order valence-electron chi connectivity index (χ1n) is 10.1. The topological polar surface area (TPSA) is 78.9 Å². The van der Waals surface area contributed by atoms with Crippen LogP contribution < -0.4 is 9.47 Å². The van der Waals surface area contributed by atoms with Gasteiger partial charge in [0.15, 0.2) is 5.78 Å². The summed E-state index contributed by atoms with van der Waals surface area (Å²) in [5.74, 6) is -1.44. The predicted octanol–water partition coefficient (Wildman–Crippen LogP) is 4.65. The van der Waals surface area contributed by atoms with E-state index >= 15 is 0 Å². The van der Waals surface area contributed by atoms with Gasteiger partial charge in [-0.2, -0.15) is 0 Å². The zero-order chi connectivity index (χ0) is 23.3. The van der Waals surface area contributed by atoms with Gasteiger partial charge in [0, 0.05) is 11.1 Å². The van der Waals surface area contributed by atoms with Gasteiger partial charge in [-0.3, -0.25) is 9.59 Å². The molecule has 0 unspecified atom stereocenters. The van der Waals surface area contributed by atoms with Gasteiger partial charge in [0.1, 0.15) is 22.6 Å². The SMILES string of the molecule is CCOC(=O)c1c(C)c(C(=O)c2ccccc2)c(OC)c(C(=O)c2ccccc2)c1OC. The molecule has 0 aliphatic rings. The highest BCUT2D eigenvalue weighted by Gasteiger charge is 2.34. The number of ether oxygens (including phenoxy) is 3. The Labute approximate surface area is 186 Å². The molecule has 0 heterocycles. The number of esters is 1. The van der Waals surface area contributed by atoms with Crippen LogP contribution in [0.5, 0.6) is 11.5 Å². The molecule has 3 aromatic rings. The molecule has 0 aliphatic carbocycles. The Hall–Kier alpha value is -3.93. The van der Waals surface area contributed by atoms with Crippen molar-refractivity contribution in [3.63, 3.8) is 0 Å². The standard InChI is InChI=1S/C26H24O6/c1-5-32-26(29)20-16(2)19(22(27)17-12-8-6-9-13-17)24(30-3)21(25(20)31-4)23(28)18-14-10-7-11-15-18/h6-15H,5H2,1-4H3. The molecule has 0 saturated heterocycles. The lowest BCUT2D eigenvalue weighted by Crippen LogP contribution is -2.19. The molecular weight excluding hydrogens is 408 g/mol. The molecule has 0 atom stereocenters. The summed E-state index contributed by atoms with van der Waals surface area (Å²) < 4.78 is 16.4. The lowest BCUT2D eigenvalue weighted by atomic mass is 9.88. The second-order valence-electron chi connectivity index (χ2n) is 6.93. The minimum atomic E-state index is -0.686. The quantitative estimate of drug-likeness (QED) is 0.381. The molecule has 3 rings (SSSR count). The van der Waals surface area contributed by atoms with Crippen LogP contribution in [0.2, 0.25) is 0 Å². The maximum absolute atomic E-state index is 13.5. The van der Waals surface area contributed by atoms with Crippen molar-refractivity contribution in [3.8, 4) is 11.5 Å². The maximum atomic E-state index is 13.5. The van der Waals surface area contributed by atoms with Crippen LogP contribution in [0.25, 0.3) is 0 Å². The van der Waals surface area contributed by atoms with Crippen molar-refractivity contribution >= 4 is 17.5 Å². The molecule has 6 heteroatoms. The average molecular weight is 432 g/mol. The van der Waals surface area contributed by atoms with Gasteiger partial charge in [-0.05, 0) is 19.4 Å². The Morgan fingerprint density at radius 2 is 1.12 bits per heavy atom. The van der Waals surface area contributed by atoms with Crippen molar-refractivity contribution in [3.05, 3.63) is 94.0 Å². The molecule has 164 valence electrons. The van der Waals surface area contributed by atoms with Crippen molar-refractivity contribution in [2.75, 3.05) is 20.8 Å². The second kappa shape index (κ2) is 9.92. The van der Waals surface area contributed by atoms with Crippen molar-refractivity contribution in [2.24, 2.45) is 0 Å². The highest BCUT2D eigenvalue weighted by atomic mass is 16.5. The predicted molar refractivity (Wildman–Crippen MR) is 120 cm³/mol. The number of rotatable bonds is 8. The molecule has 0 N–H and O–H groups in total. The van der Waals surface area contributed by atoms with Crippen LogP contribution in [0.3, 0.4) is 0 Å². The molecule has 6 nitrogen and oxygen atoms in total. The third-order valence-corrected chi connectivity index (χ3v) is 5.07. The molecule has 3 aromatic carbocycles. The van der Waals surface area contributed by atoms with Gasteiger partial charge >= 0.3 is 5.97 Å². The summed E-state index contributed by atoms with van der Waals surface area (Å²) in [7, 11) is 2.74. The number of carbonyl (C=O) groups excluding carboxylic acids is 3. The lowest BCUT2D eigenvalue weighted by Gasteiger charge is -2.21. The van der Waals surface area contributed by atoms with E-state index in [1.807, 2.05) is 0 Å². The maximum Gasteiger partial charge on any atom is 0.342 e. The fraction of sp³-hybridized carbons (Fsp3) is 0.192. The van der Waals surface area contributed by atoms with Crippen LogP contribution >= 0.6 is 0 Å². The van der Waals surface area contributed by atoms with E-state index in [0.717, 1.165) is 0 Å². The summed E-state index contributed by atoms with van der Waals surface area (Å²) in [6, 6.07) is 17.1. The zero-order valence-corrected chi connectivity index (χ0v) is 18.4. The molecule has 32 heavy (non-hydrogen) atoms. The fourth-order valence-corrected chi connectivity index (χ4v) is 3.62. The minimum Gasteiger partial charge on any atom is -0.495 e. The number of methoxy groups -OCH3 is 2. The Balaban J connectivity index is 2.41. The summed E-state index contributed by atoms with van der Waals surface area (Å²) in [4.78, 5) is 39.9. The number of hydrogen-bond donors (Lipinski definition) is 0. The first kappa shape index (κ1) is 22.7. The van der Waals surface area contributed by atoms with Crippen LogP contribution in [0.15, 0.2) is 60.7 Å². The molecule has 0 fully saturated rings. The molecule has 0 radical (unpaired) electrons. The smallest absolute Gasteiger partial charge is 0.342 e. The Kier molecular flexibility index (Phi) is 7.05. The van der Waals surface area contributed by atoms with Crippen LogP contribution in [0, 0.1) is 6.92 Å². The van der Waals surface area contributed by atoms with Crippen LogP contribution in [-0.2, 0) is 4.74 Å². The third-order valence-electron chi connectivity index (χ3n) is 5.07. The number of benzene rings is 3. The van der Waals surface area contributed by atoms with Crippen molar-refractivity contribution < 1.29 is 28.6 Å². The lowest BCUT2D eigenvalue weighted by molar-refractivity contribution is 0.0521. The van der Waals surface area contributed by atoms with E-state index in [1.54, 1.807) is 74.5 Å². The second-order valence-corrected chi connectivity index (χ2v) is 6.93. The summed E-state index contributed by atoms with van der Waals surface area (Å²) >= 11 is 0. The largest absolute Gasteiger partial charge is 0.495 e. The minimum absolute atomic E-state index is 0.00543. The van der Waals surface area contributed by atoms with Gasteiger partial charge in [-0.1, -0.05) is 60.7 Å². The van der Waals surface area contributed by atoms with Crippen molar-refractivity contribution in [1.29, 1.82) is 0 Å². The molecule has 0 amide bonds. The summed E-state index contributed by atoms with van der Waals surface area (Å²) in [5, 5.41) is 0. The van der Waals surface area contributed by atoms with E-state index < -0.39 is 11.8 Å². The molecule has 0 spiro atoms. The Bertz CT molecular complexity index is 1150. The highest BCUT2D eigenvalue weighted by Crippen LogP contribution is 2.41. The fourth-order valence-electron chi connectivity index (χ4n) is 3.62. The first-order valence-corrected chi connectivity index (χ1v) is 10.1. The number of hydrogen-bond acceptors (Lipinski definition) is 6. The van der Waals surface area contributed by atoms with Gasteiger partial charge in [0.25, 0.3) is 0 Å². The van der Waals surface area contributed by atoms with E-state index in [2.05, 4.69) is 0 Å². The monoisotopic (exact) mass is 432 g/mol. The van der Waals surface area contributed by atoms with Crippen molar-refractivity contribution in [2.45, 2.75) is 13.8 Å². The summed E-state index contributed by atoms with van der Waals surface area (Å²) in [6.07, 6.45) is 0. The van der Waals surface area contributed by atoms with Crippen LogP contribution in [0.4, 0.5) is 0 Å². The molecule has 0 bridgehead atoms. The van der Waals surface area contributed by atoms with E-state index in [1.165, 1.54) is 14.2 Å². The van der Waals surface area contributed by atoms with Gasteiger partial charge in [-0.25, -0.2) is 4.79 Å². The highest BCUT2D eigenvalue weighted by molar-refractivity contribution is 6.20. The van der Waals surface area contributed by atoms with E-state index in [9.17, 15) is 14.4 Å². The van der Waals surface area contributed by atoms with Crippen LogP contribution in [-0.4, -0.2) is 38.4 Å². The molecular formula is C26H24O6. The molecule has 0 saturated carbocycles. The van der Waals surface area contributed by atoms with Gasteiger partial charge < -0.3 is 14.2 Å². The normalized spacial score (nSPS) is 10.4. The Morgan fingerprint density at radius 1 is 0.688 bits per heavy atom. The van der Waals surface area contributed by atoms with Crippen molar-refractivity contribution in [1.82, 2.24) is 0 Å². The van der Waals surface area contributed by atoms with E-state index in [-0.39, 0.29) is 40.6 Å². The summed E-state index contributed by atoms with van der Waals surface area (Å²) in [6.45, 7) is 3.41. The van der Waals surface area contributed by atoms with Gasteiger partial charge in [-0.15, -0.1) is 0 Å². The molecule has 0 aliphatic heterocycles. The van der Waals surface area contributed by atoms with E-state index in [0.29, 0.717) is 16.7 Å². The van der Waals surface area contributed by atoms with Gasteiger partial charge in [0.05, 0.1) is 26.4 Å². The number of carbonyl (C=O) groups is 3. The zero-order valence-electron chi connectivity index (χ0n) is 18.4. The van der Waals surface area contributed by atoms with E-state index in [4.69, 9.17) is 14.2 Å². The number of ketones is 2. The average Bonchev–Trinajstić information content (AvgIpc) is 2.83. The van der Waals surface area contributed by atoms with Gasteiger partial charge in [0.2, 0.25) is 5.78 Å². The summed E-state index contributed by atoms with van der Waals surface area (Å²) in [5.41, 5.74) is 1.20. The third kappa shape index (κ3) is 4.12. The molecule has 0 aromatic heterocycles. The van der Waals surface area contributed by atoms with Crippen LogP contribution in [0.1, 0.15) is 54.7 Å². The Morgan fingerprint density at radius 3 is 1.56 bits per heavy atom. The first-order chi connectivity index (χ1) is 15.5.